The van der Waals surface area contributed by atoms with Crippen molar-refractivity contribution in [1.82, 2.24) is 9.80 Å². The Morgan fingerprint density at radius 2 is 2.14 bits per heavy atom. The number of carbonyl (C=O) groups excluding carboxylic acids is 1. The molecule has 2 atom stereocenters. The van der Waals surface area contributed by atoms with Gasteiger partial charge in [-0.25, -0.2) is 0 Å². The molecule has 1 fully saturated rings. The van der Waals surface area contributed by atoms with Crippen LogP contribution in [0.1, 0.15) is 52.0 Å². The van der Waals surface area contributed by atoms with Crippen molar-refractivity contribution in [3.8, 4) is 5.75 Å². The third-order valence-electron chi connectivity index (χ3n) is 5.87. The summed E-state index contributed by atoms with van der Waals surface area (Å²) >= 11 is 0. The number of oxime groups is 1. The van der Waals surface area contributed by atoms with Crippen LogP contribution in [0.25, 0.3) is 0 Å². The van der Waals surface area contributed by atoms with Crippen LogP contribution in [0.3, 0.4) is 0 Å². The molecule has 2 aliphatic rings. The SMILES string of the molecule is CCC1=NOC(COc2cccc(CN3CCCC(C(=O)N(CC)CC)C3)c2)C1. The number of amides is 1. The van der Waals surface area contributed by atoms with Gasteiger partial charge in [0.15, 0.2) is 6.10 Å². The largest absolute Gasteiger partial charge is 0.490 e. The van der Waals surface area contributed by atoms with E-state index in [-0.39, 0.29) is 12.0 Å². The van der Waals surface area contributed by atoms with Crippen molar-refractivity contribution in [3.05, 3.63) is 29.8 Å². The van der Waals surface area contributed by atoms with Gasteiger partial charge in [0, 0.05) is 32.6 Å². The lowest BCUT2D eigenvalue weighted by Gasteiger charge is -2.34. The van der Waals surface area contributed by atoms with Crippen molar-refractivity contribution in [2.75, 3.05) is 32.8 Å². The molecule has 1 aromatic rings. The van der Waals surface area contributed by atoms with Crippen LogP contribution in [0.2, 0.25) is 0 Å². The molecule has 0 aliphatic carbocycles. The van der Waals surface area contributed by atoms with Crippen LogP contribution >= 0.6 is 0 Å². The van der Waals surface area contributed by atoms with E-state index in [1.165, 1.54) is 5.56 Å². The number of piperidine rings is 1. The molecular weight excluding hydrogens is 366 g/mol. The van der Waals surface area contributed by atoms with Crippen LogP contribution in [0.4, 0.5) is 0 Å². The third kappa shape index (κ3) is 5.95. The second kappa shape index (κ2) is 10.6. The zero-order valence-corrected chi connectivity index (χ0v) is 18.1. The molecule has 6 nitrogen and oxygen atoms in total. The van der Waals surface area contributed by atoms with E-state index < -0.39 is 0 Å². The van der Waals surface area contributed by atoms with Crippen LogP contribution in [0.15, 0.2) is 29.4 Å². The summed E-state index contributed by atoms with van der Waals surface area (Å²) in [5.74, 6) is 1.29. The second-order valence-electron chi connectivity index (χ2n) is 7.99. The number of likely N-dealkylation sites (tertiary alicyclic amines) is 1. The number of benzene rings is 1. The van der Waals surface area contributed by atoms with Gasteiger partial charge in [-0.15, -0.1) is 0 Å². The van der Waals surface area contributed by atoms with E-state index in [2.05, 4.69) is 43.0 Å². The summed E-state index contributed by atoms with van der Waals surface area (Å²) in [5.41, 5.74) is 2.32. The van der Waals surface area contributed by atoms with Crippen molar-refractivity contribution in [2.24, 2.45) is 11.1 Å². The minimum Gasteiger partial charge on any atom is -0.490 e. The fourth-order valence-electron chi connectivity index (χ4n) is 4.16. The molecule has 2 aliphatic heterocycles. The molecule has 6 heteroatoms. The van der Waals surface area contributed by atoms with E-state index in [0.29, 0.717) is 12.5 Å². The summed E-state index contributed by atoms with van der Waals surface area (Å²) in [4.78, 5) is 22.5. The maximum absolute atomic E-state index is 12.7. The first-order valence-electron chi connectivity index (χ1n) is 11.1. The van der Waals surface area contributed by atoms with Crippen LogP contribution in [-0.2, 0) is 16.2 Å². The van der Waals surface area contributed by atoms with Gasteiger partial charge in [0.05, 0.1) is 11.6 Å². The normalized spacial score (nSPS) is 22.1. The Bertz CT molecular complexity index is 702. The van der Waals surface area contributed by atoms with Gasteiger partial charge >= 0.3 is 0 Å². The van der Waals surface area contributed by atoms with E-state index in [1.807, 2.05) is 17.0 Å². The Morgan fingerprint density at radius 3 is 2.86 bits per heavy atom. The van der Waals surface area contributed by atoms with Crippen LogP contribution in [0, 0.1) is 5.92 Å². The monoisotopic (exact) mass is 401 g/mol. The van der Waals surface area contributed by atoms with Gasteiger partial charge in [-0.3, -0.25) is 9.69 Å². The van der Waals surface area contributed by atoms with E-state index in [4.69, 9.17) is 9.57 Å². The average molecular weight is 402 g/mol. The van der Waals surface area contributed by atoms with E-state index in [1.54, 1.807) is 0 Å². The molecule has 1 saturated heterocycles. The Balaban J connectivity index is 1.51. The Morgan fingerprint density at radius 1 is 1.31 bits per heavy atom. The van der Waals surface area contributed by atoms with Crippen molar-refractivity contribution in [1.29, 1.82) is 0 Å². The number of carbonyl (C=O) groups is 1. The summed E-state index contributed by atoms with van der Waals surface area (Å²) in [7, 11) is 0. The molecule has 1 amide bonds. The lowest BCUT2D eigenvalue weighted by Crippen LogP contribution is -2.44. The predicted molar refractivity (Wildman–Crippen MR) is 115 cm³/mol. The molecule has 0 saturated carbocycles. The molecule has 0 spiro atoms. The average Bonchev–Trinajstić information content (AvgIpc) is 3.22. The summed E-state index contributed by atoms with van der Waals surface area (Å²) < 4.78 is 5.95. The Kier molecular flexibility index (Phi) is 7.92. The highest BCUT2D eigenvalue weighted by atomic mass is 16.7. The first-order valence-corrected chi connectivity index (χ1v) is 11.1. The van der Waals surface area contributed by atoms with Crippen LogP contribution in [0.5, 0.6) is 5.75 Å². The minimum atomic E-state index is 0.0162. The fraction of sp³-hybridized carbons (Fsp3) is 0.652. The molecule has 2 heterocycles. The number of nitrogens with zero attached hydrogens (tertiary/aromatic N) is 3. The van der Waals surface area contributed by atoms with E-state index in [9.17, 15) is 4.79 Å². The molecule has 29 heavy (non-hydrogen) atoms. The molecule has 0 bridgehead atoms. The molecule has 2 unspecified atom stereocenters. The first-order chi connectivity index (χ1) is 14.1. The lowest BCUT2D eigenvalue weighted by atomic mass is 9.96. The zero-order valence-electron chi connectivity index (χ0n) is 18.1. The number of rotatable bonds is 9. The van der Waals surface area contributed by atoms with Gasteiger partial charge in [-0.1, -0.05) is 24.2 Å². The predicted octanol–water partition coefficient (Wildman–Crippen LogP) is 3.70. The Hall–Kier alpha value is -2.08. The molecule has 0 radical (unpaired) electrons. The van der Waals surface area contributed by atoms with Crippen molar-refractivity contribution in [3.63, 3.8) is 0 Å². The fourth-order valence-corrected chi connectivity index (χ4v) is 4.16. The summed E-state index contributed by atoms with van der Waals surface area (Å²) in [6.07, 6.45) is 3.87. The lowest BCUT2D eigenvalue weighted by molar-refractivity contribution is -0.137. The van der Waals surface area contributed by atoms with Crippen molar-refractivity contribution >= 4 is 11.6 Å². The van der Waals surface area contributed by atoms with Gasteiger partial charge in [0.25, 0.3) is 0 Å². The zero-order chi connectivity index (χ0) is 20.6. The quantitative estimate of drug-likeness (QED) is 0.633. The second-order valence-corrected chi connectivity index (χ2v) is 7.99. The summed E-state index contributed by atoms with van der Waals surface area (Å²) in [6, 6.07) is 8.26. The highest BCUT2D eigenvalue weighted by Gasteiger charge is 2.28. The highest BCUT2D eigenvalue weighted by Crippen LogP contribution is 2.23. The van der Waals surface area contributed by atoms with E-state index >= 15 is 0 Å². The highest BCUT2D eigenvalue weighted by molar-refractivity contribution is 5.85. The van der Waals surface area contributed by atoms with Crippen LogP contribution < -0.4 is 4.74 Å². The first kappa shape index (κ1) is 21.6. The Labute approximate surface area is 174 Å². The van der Waals surface area contributed by atoms with Gasteiger partial charge in [-0.05, 0) is 57.4 Å². The number of ether oxygens (including phenoxy) is 1. The standard InChI is InChI=1S/C23H35N3O3/c1-4-20-14-22(29-24-20)17-28-21-11-7-9-18(13-21)15-25-12-8-10-19(16-25)23(27)26(5-2)6-3/h7,9,11,13,19,22H,4-6,8,10,12,14-17H2,1-3H3. The summed E-state index contributed by atoms with van der Waals surface area (Å²) in [5, 5.41) is 4.09. The van der Waals surface area contributed by atoms with Crippen molar-refractivity contribution in [2.45, 2.75) is 59.1 Å². The maximum atomic E-state index is 12.7. The number of hydrogen-bond acceptors (Lipinski definition) is 5. The molecule has 0 N–H and O–H groups in total. The van der Waals surface area contributed by atoms with Gasteiger partial charge in [-0.2, -0.15) is 0 Å². The summed E-state index contributed by atoms with van der Waals surface area (Å²) in [6.45, 7) is 11.0. The van der Waals surface area contributed by atoms with Gasteiger partial charge in [0.2, 0.25) is 5.91 Å². The molecule has 1 aromatic carbocycles. The van der Waals surface area contributed by atoms with E-state index in [0.717, 1.165) is 69.9 Å². The maximum Gasteiger partial charge on any atom is 0.226 e. The third-order valence-corrected chi connectivity index (χ3v) is 5.87. The minimum absolute atomic E-state index is 0.0162. The van der Waals surface area contributed by atoms with Crippen molar-refractivity contribution < 1.29 is 14.4 Å². The van der Waals surface area contributed by atoms with Crippen LogP contribution in [-0.4, -0.2) is 60.3 Å². The molecule has 160 valence electrons. The van der Waals surface area contributed by atoms with Gasteiger partial charge < -0.3 is 14.5 Å². The molecular formula is C23H35N3O3. The smallest absolute Gasteiger partial charge is 0.226 e. The molecule has 3 rings (SSSR count). The topological polar surface area (TPSA) is 54.4 Å². The van der Waals surface area contributed by atoms with Gasteiger partial charge in [0.1, 0.15) is 12.4 Å². The molecule has 0 aromatic heterocycles. The number of hydrogen-bond donors (Lipinski definition) is 0.